The molecule has 19 heavy (non-hydrogen) atoms. The highest BCUT2D eigenvalue weighted by Crippen LogP contribution is 2.33. The molecule has 100 valence electrons. The summed E-state index contributed by atoms with van der Waals surface area (Å²) in [6.07, 6.45) is 3.63. The van der Waals surface area contributed by atoms with Gasteiger partial charge in [0.25, 0.3) is 0 Å². The van der Waals surface area contributed by atoms with Crippen LogP contribution in [0.4, 0.5) is 0 Å². The highest BCUT2D eigenvalue weighted by atomic mass is 35.5. The summed E-state index contributed by atoms with van der Waals surface area (Å²) in [5.74, 6) is 0.922. The third-order valence-electron chi connectivity index (χ3n) is 2.85. The molecule has 0 aliphatic rings. The fourth-order valence-corrected chi connectivity index (χ4v) is 3.21. The first-order valence-electron chi connectivity index (χ1n) is 6.18. The van der Waals surface area contributed by atoms with Gasteiger partial charge < -0.3 is 5.73 Å². The van der Waals surface area contributed by atoms with E-state index < -0.39 is 0 Å². The monoisotopic (exact) mass is 292 g/mol. The Bertz CT molecular complexity index is 499. The maximum atomic E-state index is 6.09. The zero-order valence-corrected chi connectivity index (χ0v) is 12.4. The molecule has 0 aliphatic heterocycles. The second-order valence-corrected chi connectivity index (χ2v) is 6.06. The van der Waals surface area contributed by atoms with Crippen LogP contribution in [-0.2, 0) is 5.75 Å². The highest BCUT2D eigenvalue weighted by molar-refractivity contribution is 7.98. The van der Waals surface area contributed by atoms with Gasteiger partial charge in [-0.05, 0) is 42.3 Å². The van der Waals surface area contributed by atoms with Crippen LogP contribution >= 0.6 is 23.4 Å². The first-order valence-corrected chi connectivity index (χ1v) is 7.61. The van der Waals surface area contributed by atoms with E-state index in [1.165, 1.54) is 11.1 Å². The maximum Gasteiger partial charge on any atom is 0.0450 e. The second kappa shape index (κ2) is 6.94. The van der Waals surface area contributed by atoms with Gasteiger partial charge in [0.1, 0.15) is 0 Å². The fourth-order valence-electron chi connectivity index (χ4n) is 1.87. The molecule has 4 heteroatoms. The van der Waals surface area contributed by atoms with Crippen molar-refractivity contribution in [3.05, 3.63) is 64.9 Å². The number of hydrogen-bond donors (Lipinski definition) is 1. The molecule has 0 aliphatic carbocycles. The van der Waals surface area contributed by atoms with Crippen LogP contribution in [0.5, 0.6) is 0 Å². The van der Waals surface area contributed by atoms with Crippen molar-refractivity contribution >= 4 is 23.4 Å². The summed E-state index contributed by atoms with van der Waals surface area (Å²) in [6, 6.07) is 12.1. The molecule has 0 bridgehead atoms. The molecule has 2 aromatic rings. The Morgan fingerprint density at radius 3 is 2.37 bits per heavy atom. The minimum Gasteiger partial charge on any atom is -0.327 e. The molecule has 0 saturated carbocycles. The number of aromatic nitrogens is 1. The van der Waals surface area contributed by atoms with E-state index in [0.717, 1.165) is 10.8 Å². The van der Waals surface area contributed by atoms with Gasteiger partial charge in [-0.25, -0.2) is 0 Å². The number of benzene rings is 1. The van der Waals surface area contributed by atoms with Crippen molar-refractivity contribution in [2.24, 2.45) is 5.73 Å². The van der Waals surface area contributed by atoms with Crippen LogP contribution in [0, 0.1) is 0 Å². The highest BCUT2D eigenvalue weighted by Gasteiger charge is 2.16. The molecular weight excluding hydrogens is 276 g/mol. The Labute approximate surface area is 123 Å². The number of halogens is 1. The predicted octanol–water partition coefficient (Wildman–Crippen LogP) is 4.06. The lowest BCUT2D eigenvalue weighted by molar-refractivity contribution is 0.720. The smallest absolute Gasteiger partial charge is 0.0450 e. The lowest BCUT2D eigenvalue weighted by atomic mass is 10.1. The zero-order chi connectivity index (χ0) is 13.7. The Balaban J connectivity index is 2.04. The summed E-state index contributed by atoms with van der Waals surface area (Å²) in [6.45, 7) is 2.04. The lowest BCUT2D eigenvalue weighted by Gasteiger charge is -2.20. The summed E-state index contributed by atoms with van der Waals surface area (Å²) >= 11 is 7.73. The summed E-state index contributed by atoms with van der Waals surface area (Å²) in [7, 11) is 0. The number of thioether (sulfide) groups is 1. The average Bonchev–Trinajstić information content (AvgIpc) is 2.42. The first kappa shape index (κ1) is 14.4. The molecule has 1 aromatic heterocycles. The molecule has 1 aromatic carbocycles. The van der Waals surface area contributed by atoms with Gasteiger partial charge in [-0.3, -0.25) is 4.98 Å². The molecule has 0 fully saturated rings. The van der Waals surface area contributed by atoms with Crippen molar-refractivity contribution < 1.29 is 0 Å². The number of pyridine rings is 1. The molecular formula is C15H17ClN2S. The standard InChI is InChI=1S/C15H17ClN2S/c1-11(17)15(13-6-8-18-9-7-13)19-10-12-2-4-14(16)5-3-12/h2-9,11,15H,10,17H2,1H3. The van der Waals surface area contributed by atoms with Gasteiger partial charge in [-0.15, -0.1) is 11.8 Å². The first-order chi connectivity index (χ1) is 9.16. The Morgan fingerprint density at radius 1 is 1.16 bits per heavy atom. The second-order valence-electron chi connectivity index (χ2n) is 4.50. The molecule has 2 unspecified atom stereocenters. The molecule has 0 amide bonds. The molecule has 0 saturated heterocycles. The molecule has 2 atom stereocenters. The predicted molar refractivity (Wildman–Crippen MR) is 83.4 cm³/mol. The SMILES string of the molecule is CC(N)C(SCc1ccc(Cl)cc1)c1ccncc1. The van der Waals surface area contributed by atoms with E-state index in [1.807, 2.05) is 55.3 Å². The molecule has 1 heterocycles. The molecule has 2 rings (SSSR count). The van der Waals surface area contributed by atoms with E-state index >= 15 is 0 Å². The van der Waals surface area contributed by atoms with Crippen LogP contribution < -0.4 is 5.73 Å². The number of nitrogens with zero attached hydrogens (tertiary/aromatic N) is 1. The van der Waals surface area contributed by atoms with E-state index in [4.69, 9.17) is 17.3 Å². The minimum atomic E-state index is 0.0969. The van der Waals surface area contributed by atoms with Gasteiger partial charge >= 0.3 is 0 Å². The third kappa shape index (κ3) is 4.23. The lowest BCUT2D eigenvalue weighted by Crippen LogP contribution is -2.22. The van der Waals surface area contributed by atoms with Gasteiger partial charge in [0.2, 0.25) is 0 Å². The quantitative estimate of drug-likeness (QED) is 0.903. The third-order valence-corrected chi connectivity index (χ3v) is 4.67. The molecule has 2 N–H and O–H groups in total. The van der Waals surface area contributed by atoms with Crippen LogP contribution in [0.25, 0.3) is 0 Å². The average molecular weight is 293 g/mol. The number of rotatable bonds is 5. The van der Waals surface area contributed by atoms with Crippen LogP contribution in [0.1, 0.15) is 23.3 Å². The van der Waals surface area contributed by atoms with E-state index in [9.17, 15) is 0 Å². The van der Waals surface area contributed by atoms with Gasteiger partial charge in [0.05, 0.1) is 0 Å². The van der Waals surface area contributed by atoms with Crippen molar-refractivity contribution in [2.45, 2.75) is 24.0 Å². The topological polar surface area (TPSA) is 38.9 Å². The number of hydrogen-bond acceptors (Lipinski definition) is 3. The Hall–Kier alpha value is -1.03. The largest absolute Gasteiger partial charge is 0.327 e. The van der Waals surface area contributed by atoms with Gasteiger partial charge in [0, 0.05) is 34.5 Å². The summed E-state index contributed by atoms with van der Waals surface area (Å²) < 4.78 is 0. The van der Waals surface area contributed by atoms with Crippen molar-refractivity contribution in [2.75, 3.05) is 0 Å². The van der Waals surface area contributed by atoms with Crippen molar-refractivity contribution in [1.29, 1.82) is 0 Å². The summed E-state index contributed by atoms with van der Waals surface area (Å²) in [5, 5.41) is 1.05. The van der Waals surface area contributed by atoms with Crippen LogP contribution in [-0.4, -0.2) is 11.0 Å². The summed E-state index contributed by atoms with van der Waals surface area (Å²) in [4.78, 5) is 4.05. The Morgan fingerprint density at radius 2 is 1.79 bits per heavy atom. The molecule has 0 radical (unpaired) electrons. The van der Waals surface area contributed by atoms with E-state index in [2.05, 4.69) is 17.1 Å². The van der Waals surface area contributed by atoms with E-state index in [-0.39, 0.29) is 11.3 Å². The van der Waals surface area contributed by atoms with Crippen LogP contribution in [0.3, 0.4) is 0 Å². The molecule has 2 nitrogen and oxygen atoms in total. The van der Waals surface area contributed by atoms with Gasteiger partial charge in [-0.1, -0.05) is 23.7 Å². The van der Waals surface area contributed by atoms with Gasteiger partial charge in [-0.2, -0.15) is 0 Å². The van der Waals surface area contributed by atoms with E-state index in [1.54, 1.807) is 0 Å². The van der Waals surface area contributed by atoms with Crippen molar-refractivity contribution in [3.8, 4) is 0 Å². The van der Waals surface area contributed by atoms with Gasteiger partial charge in [0.15, 0.2) is 0 Å². The zero-order valence-electron chi connectivity index (χ0n) is 10.8. The Kier molecular flexibility index (Phi) is 5.25. The molecule has 0 spiro atoms. The van der Waals surface area contributed by atoms with E-state index in [0.29, 0.717) is 0 Å². The van der Waals surface area contributed by atoms with Crippen LogP contribution in [0.15, 0.2) is 48.8 Å². The van der Waals surface area contributed by atoms with Crippen LogP contribution in [0.2, 0.25) is 5.02 Å². The fraction of sp³-hybridized carbons (Fsp3) is 0.267. The maximum absolute atomic E-state index is 6.09. The normalized spacial score (nSPS) is 14.1. The van der Waals surface area contributed by atoms with Crippen molar-refractivity contribution in [3.63, 3.8) is 0 Å². The summed E-state index contributed by atoms with van der Waals surface area (Å²) in [5.41, 5.74) is 8.58. The minimum absolute atomic E-state index is 0.0969. The van der Waals surface area contributed by atoms with Crippen molar-refractivity contribution in [1.82, 2.24) is 4.98 Å². The number of nitrogens with two attached hydrogens (primary N) is 1.